The maximum atomic E-state index is 12.4. The molecule has 164 valence electrons. The lowest BCUT2D eigenvalue weighted by Gasteiger charge is -2.38. The molecule has 1 saturated heterocycles. The molecule has 0 bridgehead atoms. The smallest absolute Gasteiger partial charge is 0.229 e. The fourth-order valence-corrected chi connectivity index (χ4v) is 3.39. The Balaban J connectivity index is 1.71. The second-order valence-corrected chi connectivity index (χ2v) is 7.29. The molecule has 6 N–H and O–H groups in total. The summed E-state index contributed by atoms with van der Waals surface area (Å²) in [6.45, 7) is 1.49. The number of aliphatic hydroxyl groups is 3. The number of hydrogen-bond donors (Lipinski definition) is 6. The number of ether oxygens (including phenoxy) is 2. The van der Waals surface area contributed by atoms with E-state index in [-0.39, 0.29) is 34.0 Å². The van der Waals surface area contributed by atoms with Crippen molar-refractivity contribution < 1.29 is 44.5 Å². The van der Waals surface area contributed by atoms with E-state index < -0.39 is 41.9 Å². The molecular formula is C21H20O10. The van der Waals surface area contributed by atoms with E-state index in [9.17, 15) is 35.4 Å². The van der Waals surface area contributed by atoms with E-state index in [1.54, 1.807) is 0 Å². The van der Waals surface area contributed by atoms with Crippen molar-refractivity contribution in [2.75, 3.05) is 0 Å². The van der Waals surface area contributed by atoms with Gasteiger partial charge in [-0.15, -0.1) is 0 Å². The molecule has 1 aliphatic rings. The molecule has 0 amide bonds. The van der Waals surface area contributed by atoms with Crippen LogP contribution in [0.2, 0.25) is 0 Å². The highest BCUT2D eigenvalue weighted by Crippen LogP contribution is 2.36. The first-order valence-electron chi connectivity index (χ1n) is 9.35. The summed E-state index contributed by atoms with van der Waals surface area (Å²) >= 11 is 0. The second kappa shape index (κ2) is 7.75. The van der Waals surface area contributed by atoms with Crippen LogP contribution < -0.4 is 10.2 Å². The number of phenols is 3. The summed E-state index contributed by atoms with van der Waals surface area (Å²) in [5.74, 6) is -1.12. The van der Waals surface area contributed by atoms with Crippen LogP contribution in [0.15, 0.2) is 45.6 Å². The van der Waals surface area contributed by atoms with Gasteiger partial charge in [0.2, 0.25) is 6.29 Å². The van der Waals surface area contributed by atoms with Crippen molar-refractivity contribution in [2.24, 2.45) is 0 Å². The number of benzene rings is 2. The average Bonchev–Trinajstić information content (AvgIpc) is 2.71. The first kappa shape index (κ1) is 20.9. The highest BCUT2D eigenvalue weighted by Gasteiger charge is 2.43. The molecule has 1 fully saturated rings. The Morgan fingerprint density at radius 2 is 1.65 bits per heavy atom. The van der Waals surface area contributed by atoms with Gasteiger partial charge >= 0.3 is 0 Å². The van der Waals surface area contributed by atoms with Gasteiger partial charge in [-0.3, -0.25) is 4.79 Å². The van der Waals surface area contributed by atoms with Gasteiger partial charge < -0.3 is 44.5 Å². The largest absolute Gasteiger partial charge is 0.508 e. The molecule has 0 saturated carbocycles. The summed E-state index contributed by atoms with van der Waals surface area (Å²) in [6, 6.07) is 7.35. The minimum atomic E-state index is -1.58. The molecule has 0 aliphatic carbocycles. The molecule has 2 heterocycles. The van der Waals surface area contributed by atoms with Gasteiger partial charge in [-0.2, -0.15) is 0 Å². The van der Waals surface area contributed by atoms with E-state index in [4.69, 9.17) is 13.9 Å². The molecule has 1 aromatic heterocycles. The lowest BCUT2D eigenvalue weighted by molar-refractivity contribution is -0.268. The Hall–Kier alpha value is -3.31. The molecule has 31 heavy (non-hydrogen) atoms. The predicted octanol–water partition coefficient (Wildman–Crippen LogP) is 0.783. The van der Waals surface area contributed by atoms with Gasteiger partial charge in [0, 0.05) is 23.8 Å². The van der Waals surface area contributed by atoms with Crippen LogP contribution in [0, 0.1) is 0 Å². The van der Waals surface area contributed by atoms with Crippen LogP contribution in [0.3, 0.4) is 0 Å². The minimum absolute atomic E-state index is 0.0486. The van der Waals surface area contributed by atoms with Crippen molar-refractivity contribution in [3.63, 3.8) is 0 Å². The van der Waals surface area contributed by atoms with Crippen LogP contribution in [-0.2, 0) is 4.74 Å². The maximum Gasteiger partial charge on any atom is 0.229 e. The summed E-state index contributed by atoms with van der Waals surface area (Å²) in [4.78, 5) is 12.4. The molecule has 2 unspecified atom stereocenters. The van der Waals surface area contributed by atoms with Gasteiger partial charge in [0.15, 0.2) is 16.9 Å². The van der Waals surface area contributed by atoms with Crippen molar-refractivity contribution in [3.05, 3.63) is 46.6 Å². The monoisotopic (exact) mass is 432 g/mol. The third-order valence-electron chi connectivity index (χ3n) is 5.09. The van der Waals surface area contributed by atoms with Crippen molar-refractivity contribution in [3.8, 4) is 34.3 Å². The predicted molar refractivity (Wildman–Crippen MR) is 106 cm³/mol. The average molecular weight is 432 g/mol. The number of aliphatic hydroxyl groups excluding tert-OH is 3. The first-order valence-corrected chi connectivity index (χ1v) is 9.35. The van der Waals surface area contributed by atoms with Gasteiger partial charge in [-0.1, -0.05) is 0 Å². The lowest BCUT2D eigenvalue weighted by atomic mass is 10.00. The Morgan fingerprint density at radius 3 is 2.39 bits per heavy atom. The Bertz CT molecular complexity index is 1190. The fraction of sp³-hybridized carbons (Fsp3) is 0.286. The van der Waals surface area contributed by atoms with E-state index in [0.717, 1.165) is 12.1 Å². The highest BCUT2D eigenvalue weighted by molar-refractivity contribution is 5.86. The highest BCUT2D eigenvalue weighted by atomic mass is 16.7. The first-order chi connectivity index (χ1) is 14.7. The SMILES string of the molecule is CC1O[C@@H](Oc2cc(-c3cc(=O)c4c(O)cc(O)cc4o3)ccc2O)[C@@H](O)C(O)[C@H]1O. The number of fused-ring (bicyclic) bond motifs is 1. The van der Waals surface area contributed by atoms with E-state index in [1.165, 1.54) is 31.2 Å². The van der Waals surface area contributed by atoms with Gasteiger partial charge in [0.25, 0.3) is 0 Å². The fourth-order valence-electron chi connectivity index (χ4n) is 3.39. The van der Waals surface area contributed by atoms with Crippen LogP contribution >= 0.6 is 0 Å². The summed E-state index contributed by atoms with van der Waals surface area (Å²) in [5, 5.41) is 59.4. The molecule has 5 atom stereocenters. The van der Waals surface area contributed by atoms with Crippen molar-refractivity contribution in [1.82, 2.24) is 0 Å². The molecule has 10 heteroatoms. The molecule has 2 aromatic carbocycles. The standard InChI is InChI=1S/C21H20O10/c1-8-18(26)19(27)20(28)21(29-8)31-15-4-9(2-3-11(15)23)14-7-13(25)17-12(24)5-10(22)6-16(17)30-14/h2-8,18-24,26-28H,1H3/t8?,18-,19?,20-,21-/m0/s1. The number of rotatable bonds is 3. The van der Waals surface area contributed by atoms with Crippen LogP contribution in [0.1, 0.15) is 6.92 Å². The Morgan fingerprint density at radius 1 is 0.903 bits per heavy atom. The molecule has 0 radical (unpaired) electrons. The molecule has 4 rings (SSSR count). The van der Waals surface area contributed by atoms with Crippen LogP contribution in [0.5, 0.6) is 23.0 Å². The third-order valence-corrected chi connectivity index (χ3v) is 5.09. The molecule has 3 aromatic rings. The van der Waals surface area contributed by atoms with E-state index in [0.29, 0.717) is 5.56 Å². The molecule has 10 nitrogen and oxygen atoms in total. The summed E-state index contributed by atoms with van der Waals surface area (Å²) in [7, 11) is 0. The lowest BCUT2D eigenvalue weighted by Crippen LogP contribution is -2.58. The van der Waals surface area contributed by atoms with Gasteiger partial charge in [0.1, 0.15) is 46.5 Å². The molecule has 1 aliphatic heterocycles. The van der Waals surface area contributed by atoms with Crippen molar-refractivity contribution in [1.29, 1.82) is 0 Å². The minimum Gasteiger partial charge on any atom is -0.508 e. The van der Waals surface area contributed by atoms with Gasteiger partial charge in [-0.25, -0.2) is 0 Å². The van der Waals surface area contributed by atoms with Gasteiger partial charge in [-0.05, 0) is 25.1 Å². The molecule has 0 spiro atoms. The van der Waals surface area contributed by atoms with Gasteiger partial charge in [0.05, 0.1) is 6.10 Å². The maximum absolute atomic E-state index is 12.4. The van der Waals surface area contributed by atoms with E-state index >= 15 is 0 Å². The van der Waals surface area contributed by atoms with Crippen LogP contribution in [-0.4, -0.2) is 61.3 Å². The normalized spacial score (nSPS) is 26.1. The van der Waals surface area contributed by atoms with E-state index in [2.05, 4.69) is 0 Å². The summed E-state index contributed by atoms with van der Waals surface area (Å²) in [5.41, 5.74) is -0.303. The van der Waals surface area contributed by atoms with Crippen LogP contribution in [0.4, 0.5) is 0 Å². The number of phenolic OH excluding ortho intramolecular Hbond substituents is 3. The Labute approximate surface area is 174 Å². The zero-order valence-corrected chi connectivity index (χ0v) is 16.2. The third kappa shape index (κ3) is 3.77. The summed E-state index contributed by atoms with van der Waals surface area (Å²) in [6.07, 6.45) is -6.63. The zero-order chi connectivity index (χ0) is 22.4. The zero-order valence-electron chi connectivity index (χ0n) is 16.2. The summed E-state index contributed by atoms with van der Waals surface area (Å²) < 4.78 is 16.5. The topological polar surface area (TPSA) is 170 Å². The van der Waals surface area contributed by atoms with E-state index in [1.807, 2.05) is 0 Å². The number of hydrogen-bond acceptors (Lipinski definition) is 10. The second-order valence-electron chi connectivity index (χ2n) is 7.29. The molecular weight excluding hydrogens is 412 g/mol. The number of aromatic hydroxyl groups is 3. The van der Waals surface area contributed by atoms with Crippen LogP contribution in [0.25, 0.3) is 22.3 Å². The Kier molecular flexibility index (Phi) is 5.23. The van der Waals surface area contributed by atoms with Crippen molar-refractivity contribution >= 4 is 11.0 Å². The van der Waals surface area contributed by atoms with Crippen molar-refractivity contribution in [2.45, 2.75) is 37.6 Å². The quantitative estimate of drug-likeness (QED) is 0.348.